The van der Waals surface area contributed by atoms with Crippen molar-refractivity contribution in [3.8, 4) is 11.3 Å². The van der Waals surface area contributed by atoms with Gasteiger partial charge in [0.05, 0.1) is 17.1 Å². The van der Waals surface area contributed by atoms with Crippen molar-refractivity contribution in [3.63, 3.8) is 0 Å². The standard InChI is InChI=1S/C13H15N3O2S/c17-13(18)4-7-14-6-3-12-16-11(9-19-12)10-2-1-5-15-8-10/h1-2,5,8-9,14H,3-4,6-7H2,(H,17,18). The molecule has 2 aromatic heterocycles. The molecule has 0 aliphatic rings. The summed E-state index contributed by atoms with van der Waals surface area (Å²) in [6.45, 7) is 1.24. The van der Waals surface area contributed by atoms with Gasteiger partial charge in [-0.25, -0.2) is 4.98 Å². The van der Waals surface area contributed by atoms with Gasteiger partial charge in [0.1, 0.15) is 0 Å². The minimum absolute atomic E-state index is 0.152. The molecule has 2 aromatic rings. The van der Waals surface area contributed by atoms with Crippen LogP contribution in [0, 0.1) is 0 Å². The van der Waals surface area contributed by atoms with E-state index in [0.29, 0.717) is 6.54 Å². The SMILES string of the molecule is O=C(O)CCNCCc1nc(-c2cccnc2)cs1. The lowest BCUT2D eigenvalue weighted by molar-refractivity contribution is -0.136. The average Bonchev–Trinajstić information content (AvgIpc) is 2.88. The highest BCUT2D eigenvalue weighted by Gasteiger charge is 2.04. The van der Waals surface area contributed by atoms with Crippen LogP contribution in [0.2, 0.25) is 0 Å². The Bertz CT molecular complexity index is 528. The molecule has 2 rings (SSSR count). The van der Waals surface area contributed by atoms with Crippen LogP contribution in [0.4, 0.5) is 0 Å². The maximum atomic E-state index is 10.3. The molecule has 0 saturated heterocycles. The molecular weight excluding hydrogens is 262 g/mol. The number of nitrogens with one attached hydrogen (secondary N) is 1. The Morgan fingerprint density at radius 2 is 2.32 bits per heavy atom. The summed E-state index contributed by atoms with van der Waals surface area (Å²) in [6.07, 6.45) is 4.50. The van der Waals surface area contributed by atoms with E-state index in [-0.39, 0.29) is 6.42 Å². The van der Waals surface area contributed by atoms with Gasteiger partial charge in [0.25, 0.3) is 0 Å². The van der Waals surface area contributed by atoms with Gasteiger partial charge in [-0.05, 0) is 12.1 Å². The minimum Gasteiger partial charge on any atom is -0.481 e. The number of carboxylic acids is 1. The number of pyridine rings is 1. The summed E-state index contributed by atoms with van der Waals surface area (Å²) in [6, 6.07) is 3.87. The van der Waals surface area contributed by atoms with Crippen molar-refractivity contribution >= 4 is 17.3 Å². The van der Waals surface area contributed by atoms with Crippen molar-refractivity contribution < 1.29 is 9.90 Å². The fraction of sp³-hybridized carbons (Fsp3) is 0.308. The van der Waals surface area contributed by atoms with Crippen molar-refractivity contribution in [3.05, 3.63) is 34.9 Å². The van der Waals surface area contributed by atoms with Crippen LogP contribution < -0.4 is 5.32 Å². The first kappa shape index (κ1) is 13.6. The van der Waals surface area contributed by atoms with Gasteiger partial charge < -0.3 is 10.4 Å². The predicted molar refractivity (Wildman–Crippen MR) is 74.2 cm³/mol. The quantitative estimate of drug-likeness (QED) is 0.755. The molecule has 0 fully saturated rings. The third kappa shape index (κ3) is 4.42. The second-order valence-corrected chi connectivity index (χ2v) is 4.95. The lowest BCUT2D eigenvalue weighted by Crippen LogP contribution is -2.20. The Labute approximate surface area is 115 Å². The number of carboxylic acid groups (broad SMARTS) is 1. The van der Waals surface area contributed by atoms with Gasteiger partial charge in [-0.1, -0.05) is 0 Å². The summed E-state index contributed by atoms with van der Waals surface area (Å²) < 4.78 is 0. The summed E-state index contributed by atoms with van der Waals surface area (Å²) in [5, 5.41) is 14.7. The molecule has 100 valence electrons. The number of rotatable bonds is 7. The van der Waals surface area contributed by atoms with E-state index in [4.69, 9.17) is 5.11 Å². The van der Waals surface area contributed by atoms with Gasteiger partial charge in [-0.15, -0.1) is 11.3 Å². The van der Waals surface area contributed by atoms with E-state index in [9.17, 15) is 4.79 Å². The highest BCUT2D eigenvalue weighted by Crippen LogP contribution is 2.20. The molecular formula is C13H15N3O2S. The van der Waals surface area contributed by atoms with Gasteiger partial charge >= 0.3 is 5.97 Å². The molecule has 0 aliphatic heterocycles. The molecule has 0 spiro atoms. The Balaban J connectivity index is 1.80. The van der Waals surface area contributed by atoms with E-state index in [2.05, 4.69) is 15.3 Å². The first-order chi connectivity index (χ1) is 9.25. The van der Waals surface area contributed by atoms with Crippen LogP contribution in [-0.2, 0) is 11.2 Å². The smallest absolute Gasteiger partial charge is 0.304 e. The van der Waals surface area contributed by atoms with Gasteiger partial charge in [-0.3, -0.25) is 9.78 Å². The summed E-state index contributed by atoms with van der Waals surface area (Å²) in [5.74, 6) is -0.777. The van der Waals surface area contributed by atoms with E-state index >= 15 is 0 Å². The molecule has 6 heteroatoms. The normalized spacial score (nSPS) is 10.5. The number of hydrogen-bond acceptors (Lipinski definition) is 5. The molecule has 2 N–H and O–H groups in total. The minimum atomic E-state index is -0.777. The first-order valence-corrected chi connectivity index (χ1v) is 6.91. The van der Waals surface area contributed by atoms with Crippen LogP contribution >= 0.6 is 11.3 Å². The zero-order valence-corrected chi connectivity index (χ0v) is 11.2. The van der Waals surface area contributed by atoms with Crippen molar-refractivity contribution in [2.75, 3.05) is 13.1 Å². The highest BCUT2D eigenvalue weighted by atomic mass is 32.1. The number of thiazole rings is 1. The van der Waals surface area contributed by atoms with E-state index in [1.54, 1.807) is 23.7 Å². The molecule has 0 radical (unpaired) electrons. The van der Waals surface area contributed by atoms with E-state index in [0.717, 1.165) is 29.2 Å². The maximum absolute atomic E-state index is 10.3. The van der Waals surface area contributed by atoms with Crippen LogP contribution in [0.3, 0.4) is 0 Å². The number of hydrogen-bond donors (Lipinski definition) is 2. The van der Waals surface area contributed by atoms with Gasteiger partial charge in [0, 0.05) is 42.8 Å². The number of aromatic nitrogens is 2. The zero-order valence-electron chi connectivity index (χ0n) is 10.4. The number of aliphatic carboxylic acids is 1. The van der Waals surface area contributed by atoms with Crippen LogP contribution in [0.1, 0.15) is 11.4 Å². The van der Waals surface area contributed by atoms with E-state index < -0.39 is 5.97 Å². The Hall–Kier alpha value is -1.79. The molecule has 0 atom stereocenters. The van der Waals surface area contributed by atoms with Crippen molar-refractivity contribution in [1.29, 1.82) is 0 Å². The summed E-state index contributed by atoms with van der Waals surface area (Å²) >= 11 is 1.61. The lowest BCUT2D eigenvalue weighted by atomic mass is 10.2. The average molecular weight is 277 g/mol. The van der Waals surface area contributed by atoms with Crippen molar-refractivity contribution in [1.82, 2.24) is 15.3 Å². The molecule has 0 amide bonds. The van der Waals surface area contributed by atoms with Gasteiger partial charge in [0.2, 0.25) is 0 Å². The van der Waals surface area contributed by atoms with Crippen LogP contribution in [0.5, 0.6) is 0 Å². The maximum Gasteiger partial charge on any atom is 0.304 e. The zero-order chi connectivity index (χ0) is 13.5. The third-order valence-electron chi connectivity index (χ3n) is 2.54. The molecule has 0 aliphatic carbocycles. The van der Waals surface area contributed by atoms with Gasteiger partial charge in [0.15, 0.2) is 0 Å². The van der Waals surface area contributed by atoms with E-state index in [1.165, 1.54) is 0 Å². The lowest BCUT2D eigenvalue weighted by Gasteiger charge is -2.00. The second kappa shape index (κ2) is 6.96. The van der Waals surface area contributed by atoms with E-state index in [1.807, 2.05) is 17.5 Å². The van der Waals surface area contributed by atoms with Crippen molar-refractivity contribution in [2.24, 2.45) is 0 Å². The fourth-order valence-corrected chi connectivity index (χ4v) is 2.40. The summed E-state index contributed by atoms with van der Waals surface area (Å²) in [5.41, 5.74) is 1.96. The highest BCUT2D eigenvalue weighted by molar-refractivity contribution is 7.09. The Kier molecular flexibility index (Phi) is 5.00. The molecule has 0 unspecified atom stereocenters. The fourth-order valence-electron chi connectivity index (χ4n) is 1.59. The third-order valence-corrected chi connectivity index (χ3v) is 3.45. The number of nitrogens with zero attached hydrogens (tertiary/aromatic N) is 2. The molecule has 0 aromatic carbocycles. The van der Waals surface area contributed by atoms with Crippen LogP contribution in [0.15, 0.2) is 29.9 Å². The summed E-state index contributed by atoms with van der Waals surface area (Å²) in [7, 11) is 0. The molecule has 19 heavy (non-hydrogen) atoms. The van der Waals surface area contributed by atoms with Crippen molar-refractivity contribution in [2.45, 2.75) is 12.8 Å². The largest absolute Gasteiger partial charge is 0.481 e. The predicted octanol–water partition coefficient (Wildman–Crippen LogP) is 1.81. The summed E-state index contributed by atoms with van der Waals surface area (Å²) in [4.78, 5) is 18.9. The molecule has 2 heterocycles. The molecule has 5 nitrogen and oxygen atoms in total. The van der Waals surface area contributed by atoms with Crippen LogP contribution in [-0.4, -0.2) is 34.1 Å². The Morgan fingerprint density at radius 1 is 1.42 bits per heavy atom. The van der Waals surface area contributed by atoms with Crippen LogP contribution in [0.25, 0.3) is 11.3 Å². The van der Waals surface area contributed by atoms with Gasteiger partial charge in [-0.2, -0.15) is 0 Å². The second-order valence-electron chi connectivity index (χ2n) is 4.01. The molecule has 0 bridgehead atoms. The molecule has 0 saturated carbocycles. The number of carbonyl (C=O) groups is 1. The Morgan fingerprint density at radius 3 is 3.05 bits per heavy atom. The monoisotopic (exact) mass is 277 g/mol. The topological polar surface area (TPSA) is 75.1 Å². The first-order valence-electron chi connectivity index (χ1n) is 6.03.